The smallest absolute Gasteiger partial charge is 0.0815 e. The van der Waals surface area contributed by atoms with Gasteiger partial charge in [0.15, 0.2) is 0 Å². The van der Waals surface area contributed by atoms with Gasteiger partial charge in [-0.3, -0.25) is 9.98 Å². The highest BCUT2D eigenvalue weighted by Crippen LogP contribution is 2.34. The normalized spacial score (nSPS) is 14.3. The number of pyridine rings is 1. The molecule has 176 valence electrons. The molecule has 0 radical (unpaired) electrons. The number of aliphatic imine (C=N–C) groups is 1. The summed E-state index contributed by atoms with van der Waals surface area (Å²) in [6.07, 6.45) is 6.18. The molecule has 6 nitrogen and oxygen atoms in total. The summed E-state index contributed by atoms with van der Waals surface area (Å²) in [5.74, 6) is 0. The summed E-state index contributed by atoms with van der Waals surface area (Å²) >= 11 is 6.75. The number of hydrogen-bond donors (Lipinski definition) is 3. The molecule has 1 aliphatic rings. The van der Waals surface area contributed by atoms with Crippen LogP contribution in [-0.4, -0.2) is 48.9 Å². The summed E-state index contributed by atoms with van der Waals surface area (Å²) in [6.45, 7) is 12.9. The molecule has 33 heavy (non-hydrogen) atoms. The first-order valence-corrected chi connectivity index (χ1v) is 11.8. The van der Waals surface area contributed by atoms with Crippen LogP contribution in [0.2, 0.25) is 5.02 Å². The maximum atomic E-state index is 6.75. The number of nitrogens with two attached hydrogens (primary N) is 2. The summed E-state index contributed by atoms with van der Waals surface area (Å²) in [5, 5.41) is 5.02. The molecule has 7 heteroatoms. The van der Waals surface area contributed by atoms with Crippen molar-refractivity contribution in [2.24, 2.45) is 16.5 Å². The van der Waals surface area contributed by atoms with Crippen molar-refractivity contribution in [1.82, 2.24) is 15.2 Å². The van der Waals surface area contributed by atoms with Crippen LogP contribution in [0, 0.1) is 0 Å². The van der Waals surface area contributed by atoms with Gasteiger partial charge in [-0.15, -0.1) is 0 Å². The first kappa shape index (κ1) is 25.0. The maximum absolute atomic E-state index is 6.75. The van der Waals surface area contributed by atoms with E-state index in [1.807, 2.05) is 13.0 Å². The van der Waals surface area contributed by atoms with E-state index < -0.39 is 0 Å². The number of aromatic nitrogens is 1. The highest BCUT2D eigenvalue weighted by molar-refractivity contribution is 6.36. The number of fused-ring (bicyclic) bond motifs is 2. The van der Waals surface area contributed by atoms with Gasteiger partial charge in [-0.25, -0.2) is 0 Å². The minimum atomic E-state index is 0.416. The monoisotopic (exact) mass is 466 g/mol. The lowest BCUT2D eigenvalue weighted by molar-refractivity contribution is 0.398. The number of benzene rings is 1. The second-order valence-corrected chi connectivity index (χ2v) is 8.84. The van der Waals surface area contributed by atoms with Gasteiger partial charge in [0, 0.05) is 50.1 Å². The number of halogens is 1. The third-order valence-electron chi connectivity index (χ3n) is 5.97. The average molecular weight is 467 g/mol. The number of nitrogens with zero attached hydrogens (tertiary/aromatic N) is 3. The fourth-order valence-corrected chi connectivity index (χ4v) is 4.55. The number of aryl methyl sites for hydroxylation is 1. The van der Waals surface area contributed by atoms with Crippen LogP contribution in [0.5, 0.6) is 0 Å². The van der Waals surface area contributed by atoms with Crippen molar-refractivity contribution < 1.29 is 0 Å². The van der Waals surface area contributed by atoms with Gasteiger partial charge in [0.05, 0.1) is 21.9 Å². The predicted octanol–water partition coefficient (Wildman–Crippen LogP) is 4.04. The molecule has 1 heterocycles. The lowest BCUT2D eigenvalue weighted by Gasteiger charge is -2.28. The van der Waals surface area contributed by atoms with Crippen molar-refractivity contribution in [3.05, 3.63) is 70.7 Å². The van der Waals surface area contributed by atoms with Crippen molar-refractivity contribution in [2.75, 3.05) is 33.4 Å². The lowest BCUT2D eigenvalue weighted by atomic mass is 9.94. The number of allylic oxidation sites excluding steroid dienone is 2. The summed E-state index contributed by atoms with van der Waals surface area (Å²) in [7, 11) is 1.74. The molecule has 0 spiro atoms. The molecule has 0 unspecified atom stereocenters. The topological polar surface area (TPSA) is 92.6 Å². The van der Waals surface area contributed by atoms with Gasteiger partial charge in [0.2, 0.25) is 0 Å². The van der Waals surface area contributed by atoms with Crippen molar-refractivity contribution >= 4 is 33.8 Å². The first-order chi connectivity index (χ1) is 15.8. The van der Waals surface area contributed by atoms with Crippen LogP contribution in [0.15, 0.2) is 53.8 Å². The van der Waals surface area contributed by atoms with Crippen LogP contribution in [0.4, 0.5) is 0 Å². The minimum absolute atomic E-state index is 0.416. The summed E-state index contributed by atoms with van der Waals surface area (Å²) < 4.78 is 0. The molecular formula is C26H35ClN6. The first-order valence-electron chi connectivity index (χ1n) is 11.4. The van der Waals surface area contributed by atoms with Crippen LogP contribution in [0.3, 0.4) is 0 Å². The van der Waals surface area contributed by atoms with Crippen molar-refractivity contribution in [2.45, 2.75) is 32.6 Å². The van der Waals surface area contributed by atoms with E-state index in [0.717, 1.165) is 57.0 Å². The Balaban J connectivity index is 1.87. The molecule has 0 saturated carbocycles. The summed E-state index contributed by atoms with van der Waals surface area (Å²) in [6, 6.07) is 6.23. The molecule has 1 aromatic carbocycles. The highest BCUT2D eigenvalue weighted by atomic mass is 35.5. The average Bonchev–Trinajstić information content (AvgIpc) is 2.81. The number of hydrogen-bond acceptors (Lipinski definition) is 6. The zero-order valence-corrected chi connectivity index (χ0v) is 20.5. The number of nitrogens with one attached hydrogen (secondary N) is 1. The third-order valence-corrected chi connectivity index (χ3v) is 6.40. The van der Waals surface area contributed by atoms with Crippen LogP contribution in [0.1, 0.15) is 36.6 Å². The zero-order chi connectivity index (χ0) is 24.0. The largest absolute Gasteiger partial charge is 0.402 e. The molecule has 0 saturated heterocycles. The van der Waals surface area contributed by atoms with Crippen LogP contribution >= 0.6 is 11.6 Å². The van der Waals surface area contributed by atoms with Gasteiger partial charge in [0.25, 0.3) is 0 Å². The molecule has 2 aromatic rings. The summed E-state index contributed by atoms with van der Waals surface area (Å²) in [4.78, 5) is 11.5. The quantitative estimate of drug-likeness (QED) is 0.279. The Morgan fingerprint density at radius 2 is 2.06 bits per heavy atom. The molecule has 0 amide bonds. The second-order valence-electron chi connectivity index (χ2n) is 8.46. The van der Waals surface area contributed by atoms with E-state index in [-0.39, 0.29) is 0 Å². The van der Waals surface area contributed by atoms with E-state index in [4.69, 9.17) is 28.1 Å². The zero-order valence-electron chi connectivity index (χ0n) is 19.8. The Hall–Kier alpha value is -2.67. The Morgan fingerprint density at radius 1 is 1.30 bits per heavy atom. The van der Waals surface area contributed by atoms with Crippen LogP contribution in [-0.2, 0) is 12.8 Å². The predicted molar refractivity (Wildman–Crippen MR) is 142 cm³/mol. The summed E-state index contributed by atoms with van der Waals surface area (Å²) in [5.41, 5.74) is 19.0. The molecular weight excluding hydrogens is 432 g/mol. The van der Waals surface area contributed by atoms with Crippen molar-refractivity contribution in [3.63, 3.8) is 0 Å². The maximum Gasteiger partial charge on any atom is 0.0815 e. The lowest BCUT2D eigenvalue weighted by Crippen LogP contribution is -2.36. The number of rotatable bonds is 10. The molecule has 3 rings (SSSR count). The van der Waals surface area contributed by atoms with E-state index >= 15 is 0 Å². The Kier molecular flexibility index (Phi) is 8.67. The Morgan fingerprint density at radius 3 is 2.76 bits per heavy atom. The fraction of sp³-hybridized carbons (Fsp3) is 0.385. The Labute approximate surface area is 202 Å². The van der Waals surface area contributed by atoms with E-state index in [2.05, 4.69) is 46.6 Å². The van der Waals surface area contributed by atoms with Crippen molar-refractivity contribution in [1.29, 1.82) is 0 Å². The fourth-order valence-electron chi connectivity index (χ4n) is 4.19. The van der Waals surface area contributed by atoms with Crippen molar-refractivity contribution in [3.8, 4) is 0 Å². The standard InChI is InChI=1S/C26H35ClN6/c1-17(15-33(12-11-31-16-28)19(3)24(30-4)13-18(2)29)20-9-10-22-25(14-20)32-23-8-6-5-7-21(23)26(22)27/h9-10,13-14,31H,1,3,5-8,11-12,15-16,28-29H2,2,4H3/b18-13+,30-24+. The molecule has 1 aliphatic carbocycles. The van der Waals surface area contributed by atoms with Gasteiger partial charge in [-0.05, 0) is 61.4 Å². The van der Waals surface area contributed by atoms with E-state index in [0.29, 0.717) is 32.0 Å². The molecule has 5 N–H and O–H groups in total. The van der Waals surface area contributed by atoms with Gasteiger partial charge < -0.3 is 21.7 Å². The van der Waals surface area contributed by atoms with E-state index in [1.165, 1.54) is 18.4 Å². The SMILES string of the molecule is C=C(CN(CCNCN)C(=C)C(/C=C(\C)N)=N/C)c1ccc2c(Cl)c3c(nc2c1)CCCC3. The van der Waals surface area contributed by atoms with E-state index in [1.54, 1.807) is 7.05 Å². The molecule has 0 atom stereocenters. The van der Waals surface area contributed by atoms with Gasteiger partial charge in [0.1, 0.15) is 0 Å². The third kappa shape index (κ3) is 6.02. The molecule has 0 aliphatic heterocycles. The Bertz CT molecular complexity index is 1100. The van der Waals surface area contributed by atoms with Crippen LogP contribution < -0.4 is 16.8 Å². The molecule has 0 fully saturated rings. The highest BCUT2D eigenvalue weighted by Gasteiger charge is 2.18. The molecule has 1 aromatic heterocycles. The second kappa shape index (κ2) is 11.5. The van der Waals surface area contributed by atoms with Crippen LogP contribution in [0.25, 0.3) is 16.5 Å². The molecule has 0 bridgehead atoms. The van der Waals surface area contributed by atoms with Gasteiger partial charge in [-0.1, -0.05) is 36.9 Å². The van der Waals surface area contributed by atoms with Gasteiger partial charge >= 0.3 is 0 Å². The van der Waals surface area contributed by atoms with E-state index in [9.17, 15) is 0 Å². The van der Waals surface area contributed by atoms with Gasteiger partial charge in [-0.2, -0.15) is 0 Å². The minimum Gasteiger partial charge on any atom is -0.402 e.